The molecule has 9 nitrogen and oxygen atoms in total. The van der Waals surface area contributed by atoms with E-state index in [1.807, 2.05) is 0 Å². The number of nitrogens with one attached hydrogen (secondary N) is 2. The van der Waals surface area contributed by atoms with Crippen molar-refractivity contribution < 1.29 is 25.0 Å². The Hall–Kier alpha value is -3.49. The van der Waals surface area contributed by atoms with E-state index in [0.29, 0.717) is 11.3 Å². The number of rotatable bonds is 5. The smallest absolute Gasteiger partial charge is 0.319 e. The predicted octanol–water partition coefficient (Wildman–Crippen LogP) is 2.08. The molecule has 2 amide bonds. The molecule has 24 heavy (non-hydrogen) atoms. The first-order valence-corrected chi connectivity index (χ1v) is 6.90. The summed E-state index contributed by atoms with van der Waals surface area (Å²) in [5.74, 6) is -0.985. The van der Waals surface area contributed by atoms with Gasteiger partial charge in [-0.25, -0.2) is 4.79 Å². The molecule has 0 unspecified atom stereocenters. The van der Waals surface area contributed by atoms with Gasteiger partial charge in [-0.05, 0) is 30.2 Å². The van der Waals surface area contributed by atoms with E-state index >= 15 is 0 Å². The average molecular weight is 333 g/mol. The molecular weight excluding hydrogens is 318 g/mol. The van der Waals surface area contributed by atoms with Gasteiger partial charge in [0.2, 0.25) is 0 Å². The number of carbonyl (C=O) groups is 1. The van der Waals surface area contributed by atoms with E-state index in [1.165, 1.54) is 30.3 Å². The third-order valence-corrected chi connectivity index (χ3v) is 3.19. The average Bonchev–Trinajstić information content (AvgIpc) is 2.52. The summed E-state index contributed by atoms with van der Waals surface area (Å²) in [6.45, 7) is 0.163. The molecule has 9 heteroatoms. The maximum absolute atomic E-state index is 11.7. The predicted molar refractivity (Wildman–Crippen MR) is 85.3 cm³/mol. The van der Waals surface area contributed by atoms with Crippen LogP contribution >= 0.6 is 0 Å². The van der Waals surface area contributed by atoms with Gasteiger partial charge in [-0.1, -0.05) is 0 Å². The van der Waals surface area contributed by atoms with Gasteiger partial charge in [0, 0.05) is 30.4 Å². The summed E-state index contributed by atoms with van der Waals surface area (Å²) in [6, 6.07) is 7.05. The van der Waals surface area contributed by atoms with Crippen LogP contribution in [0.4, 0.5) is 16.2 Å². The summed E-state index contributed by atoms with van der Waals surface area (Å²) >= 11 is 0. The molecule has 0 saturated carbocycles. The van der Waals surface area contributed by atoms with E-state index in [-0.39, 0.29) is 30.2 Å². The highest BCUT2D eigenvalue weighted by Gasteiger charge is 2.09. The minimum atomic E-state index is -0.538. The van der Waals surface area contributed by atoms with Gasteiger partial charge in [-0.2, -0.15) is 0 Å². The largest absolute Gasteiger partial charge is 0.508 e. The molecule has 0 aliphatic rings. The number of nitro benzene ring substituents is 1. The van der Waals surface area contributed by atoms with Crippen molar-refractivity contribution in [3.8, 4) is 17.2 Å². The molecular formula is C15H15N3O6. The van der Waals surface area contributed by atoms with E-state index in [1.54, 1.807) is 0 Å². The zero-order valence-corrected chi connectivity index (χ0v) is 12.4. The van der Waals surface area contributed by atoms with Gasteiger partial charge >= 0.3 is 6.03 Å². The number of anilines is 1. The Morgan fingerprint density at radius 2 is 1.67 bits per heavy atom. The molecule has 0 aromatic heterocycles. The first-order valence-electron chi connectivity index (χ1n) is 6.90. The molecule has 0 spiro atoms. The van der Waals surface area contributed by atoms with E-state index in [4.69, 9.17) is 0 Å². The van der Waals surface area contributed by atoms with Crippen molar-refractivity contribution in [3.63, 3.8) is 0 Å². The maximum Gasteiger partial charge on any atom is 0.319 e. The summed E-state index contributed by atoms with van der Waals surface area (Å²) in [5.41, 5.74) is 0.674. The number of hydrogen-bond donors (Lipinski definition) is 5. The number of amides is 2. The van der Waals surface area contributed by atoms with Crippen molar-refractivity contribution in [2.75, 3.05) is 11.9 Å². The lowest BCUT2D eigenvalue weighted by Gasteiger charge is -2.09. The highest BCUT2D eigenvalue weighted by molar-refractivity contribution is 5.89. The molecule has 0 aliphatic carbocycles. The van der Waals surface area contributed by atoms with Crippen LogP contribution in [0.15, 0.2) is 36.4 Å². The van der Waals surface area contributed by atoms with Crippen molar-refractivity contribution in [3.05, 3.63) is 52.1 Å². The van der Waals surface area contributed by atoms with Gasteiger partial charge in [0.05, 0.1) is 4.92 Å². The molecule has 0 saturated heterocycles. The maximum atomic E-state index is 11.7. The summed E-state index contributed by atoms with van der Waals surface area (Å²) in [7, 11) is 0. The molecule has 0 fully saturated rings. The first-order chi connectivity index (χ1) is 11.4. The minimum absolute atomic E-state index is 0.0800. The van der Waals surface area contributed by atoms with Gasteiger partial charge in [0.15, 0.2) is 11.5 Å². The Morgan fingerprint density at radius 1 is 1.04 bits per heavy atom. The number of carbonyl (C=O) groups excluding carboxylic acids is 1. The van der Waals surface area contributed by atoms with Gasteiger partial charge in [-0.3, -0.25) is 10.1 Å². The van der Waals surface area contributed by atoms with Crippen LogP contribution in [0, 0.1) is 10.1 Å². The van der Waals surface area contributed by atoms with Crippen LogP contribution in [0.3, 0.4) is 0 Å². The Kier molecular flexibility index (Phi) is 5.05. The summed E-state index contributed by atoms with van der Waals surface area (Å²) in [4.78, 5) is 21.7. The number of hydrogen-bond acceptors (Lipinski definition) is 6. The molecule has 126 valence electrons. The van der Waals surface area contributed by atoms with Crippen LogP contribution in [-0.4, -0.2) is 32.8 Å². The Morgan fingerprint density at radius 3 is 2.29 bits per heavy atom. The van der Waals surface area contributed by atoms with Crippen LogP contribution < -0.4 is 10.6 Å². The minimum Gasteiger partial charge on any atom is -0.508 e. The number of urea groups is 1. The number of nitro groups is 1. The Labute approximate surface area is 136 Å². The van der Waals surface area contributed by atoms with E-state index in [9.17, 15) is 30.2 Å². The summed E-state index contributed by atoms with van der Waals surface area (Å²) in [5, 5.41) is 43.8. The normalized spacial score (nSPS) is 10.2. The third-order valence-electron chi connectivity index (χ3n) is 3.19. The van der Waals surface area contributed by atoms with Gasteiger partial charge in [-0.15, -0.1) is 0 Å². The van der Waals surface area contributed by atoms with E-state index in [2.05, 4.69) is 10.6 Å². The molecule has 0 aliphatic heterocycles. The number of benzene rings is 2. The fourth-order valence-corrected chi connectivity index (χ4v) is 1.96. The molecule has 0 heterocycles. The van der Waals surface area contributed by atoms with E-state index in [0.717, 1.165) is 6.07 Å². The second-order valence-electron chi connectivity index (χ2n) is 4.90. The molecule has 0 bridgehead atoms. The lowest BCUT2D eigenvalue weighted by atomic mass is 10.1. The van der Waals surface area contributed by atoms with Crippen molar-refractivity contribution in [1.82, 2.24) is 5.32 Å². The molecule has 2 aromatic carbocycles. The highest BCUT2D eigenvalue weighted by atomic mass is 16.6. The molecule has 0 radical (unpaired) electrons. The number of nitrogens with zero attached hydrogens (tertiary/aromatic N) is 1. The highest BCUT2D eigenvalue weighted by Crippen LogP contribution is 2.32. The van der Waals surface area contributed by atoms with E-state index < -0.39 is 16.7 Å². The van der Waals surface area contributed by atoms with Crippen molar-refractivity contribution in [2.45, 2.75) is 6.42 Å². The standard InChI is InChI=1S/C15H15N3O6/c19-12-8-14(21)13(20)7-9(12)5-6-16-15(22)17-10-1-3-11(4-2-10)18(23)24/h1-4,7-8,19-21H,5-6H2,(H2,16,17,22). The second kappa shape index (κ2) is 7.18. The van der Waals surface area contributed by atoms with Gasteiger partial charge in [0.25, 0.3) is 5.69 Å². The van der Waals surface area contributed by atoms with Crippen molar-refractivity contribution >= 4 is 17.4 Å². The van der Waals surface area contributed by atoms with Crippen molar-refractivity contribution in [1.29, 1.82) is 0 Å². The second-order valence-corrected chi connectivity index (χ2v) is 4.90. The third kappa shape index (κ3) is 4.26. The lowest BCUT2D eigenvalue weighted by Crippen LogP contribution is -2.30. The number of aromatic hydroxyl groups is 3. The van der Waals surface area contributed by atoms with Crippen LogP contribution in [0.1, 0.15) is 5.56 Å². The van der Waals surface area contributed by atoms with Crippen LogP contribution in [-0.2, 0) is 6.42 Å². The Balaban J connectivity index is 1.85. The topological polar surface area (TPSA) is 145 Å². The number of phenolic OH excluding ortho intramolecular Hbond substituents is 3. The number of non-ortho nitro benzene ring substituents is 1. The molecule has 0 atom stereocenters. The van der Waals surface area contributed by atoms with Gasteiger partial charge < -0.3 is 26.0 Å². The lowest BCUT2D eigenvalue weighted by molar-refractivity contribution is -0.384. The Bertz CT molecular complexity index is 761. The SMILES string of the molecule is O=C(NCCc1cc(O)c(O)cc1O)Nc1ccc([N+](=O)[O-])cc1. The molecule has 2 aromatic rings. The van der Waals surface area contributed by atoms with Crippen LogP contribution in [0.25, 0.3) is 0 Å². The first kappa shape index (κ1) is 16.9. The monoisotopic (exact) mass is 333 g/mol. The number of phenols is 3. The zero-order chi connectivity index (χ0) is 17.7. The summed E-state index contributed by atoms with van der Waals surface area (Å²) < 4.78 is 0. The zero-order valence-electron chi connectivity index (χ0n) is 12.4. The van der Waals surface area contributed by atoms with Gasteiger partial charge in [0.1, 0.15) is 5.75 Å². The molecule has 2 rings (SSSR count). The fraction of sp³-hybridized carbons (Fsp3) is 0.133. The van der Waals surface area contributed by atoms with Crippen LogP contribution in [0.5, 0.6) is 17.2 Å². The quantitative estimate of drug-likeness (QED) is 0.245. The van der Waals surface area contributed by atoms with Crippen LogP contribution in [0.2, 0.25) is 0 Å². The fourth-order valence-electron chi connectivity index (χ4n) is 1.96. The summed E-state index contributed by atoms with van der Waals surface area (Å²) in [6.07, 6.45) is 0.230. The van der Waals surface area contributed by atoms with Crippen molar-refractivity contribution in [2.24, 2.45) is 0 Å². The molecule has 5 N–H and O–H groups in total.